The van der Waals surface area contributed by atoms with Crippen molar-refractivity contribution in [2.24, 2.45) is 0 Å². The Bertz CT molecular complexity index is 171. The van der Waals surface area contributed by atoms with Crippen LogP contribution in [-0.4, -0.2) is 21.2 Å². The molecule has 0 bridgehead atoms. The topological polar surface area (TPSA) is 20.2 Å². The molecule has 0 spiro atoms. The molecule has 2 atom stereocenters. The summed E-state index contributed by atoms with van der Waals surface area (Å²) in [7, 11) is 3.25. The SMILES string of the molecule is C#C[C@@H]1SSC(C)(C)[C@H]1O. The van der Waals surface area contributed by atoms with Crippen LogP contribution in [0.4, 0.5) is 0 Å². The van der Waals surface area contributed by atoms with Gasteiger partial charge in [-0.15, -0.1) is 6.42 Å². The van der Waals surface area contributed by atoms with Crippen molar-refractivity contribution < 1.29 is 5.11 Å². The van der Waals surface area contributed by atoms with Crippen LogP contribution in [0.5, 0.6) is 0 Å². The third kappa shape index (κ3) is 1.29. The second kappa shape index (κ2) is 2.69. The molecular formula is C7H10OS2. The maximum absolute atomic E-state index is 9.53. The molecule has 0 unspecified atom stereocenters. The number of terminal acetylenes is 1. The molecule has 1 N–H and O–H groups in total. The summed E-state index contributed by atoms with van der Waals surface area (Å²) in [5.41, 5.74) is 0. The van der Waals surface area contributed by atoms with E-state index in [1.807, 2.05) is 13.8 Å². The van der Waals surface area contributed by atoms with E-state index in [1.54, 1.807) is 21.6 Å². The van der Waals surface area contributed by atoms with Crippen molar-refractivity contribution in [3.8, 4) is 12.3 Å². The zero-order valence-electron chi connectivity index (χ0n) is 6.00. The minimum Gasteiger partial charge on any atom is -0.389 e. The fourth-order valence-corrected chi connectivity index (χ4v) is 3.77. The third-order valence-corrected chi connectivity index (χ3v) is 5.10. The lowest BCUT2D eigenvalue weighted by molar-refractivity contribution is 0.156. The maximum atomic E-state index is 9.53. The molecule has 1 rings (SSSR count). The first kappa shape index (κ1) is 8.32. The van der Waals surface area contributed by atoms with Crippen molar-refractivity contribution in [3.63, 3.8) is 0 Å². The van der Waals surface area contributed by atoms with E-state index in [0.717, 1.165) is 0 Å². The van der Waals surface area contributed by atoms with Gasteiger partial charge in [-0.2, -0.15) is 0 Å². The second-order valence-corrected chi connectivity index (χ2v) is 5.81. The average molecular weight is 174 g/mol. The zero-order chi connectivity index (χ0) is 7.78. The molecule has 3 heteroatoms. The quantitative estimate of drug-likeness (QED) is 0.444. The van der Waals surface area contributed by atoms with E-state index < -0.39 is 0 Å². The van der Waals surface area contributed by atoms with Crippen LogP contribution in [-0.2, 0) is 0 Å². The Balaban J connectivity index is 2.69. The van der Waals surface area contributed by atoms with E-state index >= 15 is 0 Å². The molecule has 1 nitrogen and oxygen atoms in total. The summed E-state index contributed by atoms with van der Waals surface area (Å²) >= 11 is 0. The van der Waals surface area contributed by atoms with E-state index in [-0.39, 0.29) is 16.1 Å². The molecule has 0 amide bonds. The monoisotopic (exact) mass is 174 g/mol. The van der Waals surface area contributed by atoms with Crippen LogP contribution < -0.4 is 0 Å². The van der Waals surface area contributed by atoms with E-state index in [9.17, 15) is 5.11 Å². The van der Waals surface area contributed by atoms with Gasteiger partial charge in [0.15, 0.2) is 0 Å². The molecule has 1 heterocycles. The highest BCUT2D eigenvalue weighted by Crippen LogP contribution is 2.50. The van der Waals surface area contributed by atoms with Crippen LogP contribution in [0.15, 0.2) is 0 Å². The molecular weight excluding hydrogens is 164 g/mol. The molecule has 0 aromatic rings. The van der Waals surface area contributed by atoms with Gasteiger partial charge in [-0.3, -0.25) is 0 Å². The molecule has 0 aromatic heterocycles. The van der Waals surface area contributed by atoms with Gasteiger partial charge in [-0.25, -0.2) is 0 Å². The summed E-state index contributed by atoms with van der Waals surface area (Å²) in [6.45, 7) is 4.01. The van der Waals surface area contributed by atoms with E-state index in [2.05, 4.69) is 5.92 Å². The predicted molar refractivity (Wildman–Crippen MR) is 47.9 cm³/mol. The fourth-order valence-electron chi connectivity index (χ4n) is 0.761. The predicted octanol–water partition coefficient (Wildman–Crippen LogP) is 1.52. The lowest BCUT2D eigenvalue weighted by Crippen LogP contribution is -2.33. The summed E-state index contributed by atoms with van der Waals surface area (Å²) in [6.07, 6.45) is 4.83. The van der Waals surface area contributed by atoms with Crippen molar-refractivity contribution in [1.29, 1.82) is 0 Å². The van der Waals surface area contributed by atoms with E-state index in [1.165, 1.54) is 0 Å². The van der Waals surface area contributed by atoms with Crippen molar-refractivity contribution >= 4 is 21.6 Å². The first-order valence-corrected chi connectivity index (χ1v) is 5.28. The van der Waals surface area contributed by atoms with Gasteiger partial charge >= 0.3 is 0 Å². The van der Waals surface area contributed by atoms with Crippen molar-refractivity contribution in [2.45, 2.75) is 29.9 Å². The van der Waals surface area contributed by atoms with Crippen molar-refractivity contribution in [3.05, 3.63) is 0 Å². The number of aliphatic hydroxyl groups excluding tert-OH is 1. The molecule has 56 valence electrons. The highest BCUT2D eigenvalue weighted by molar-refractivity contribution is 8.78. The van der Waals surface area contributed by atoms with Crippen LogP contribution in [0.25, 0.3) is 0 Å². The molecule has 1 saturated heterocycles. The van der Waals surface area contributed by atoms with Gasteiger partial charge in [-0.1, -0.05) is 27.5 Å². The lowest BCUT2D eigenvalue weighted by atomic mass is 10.0. The standard InChI is InChI=1S/C7H10OS2/c1-4-5-6(8)7(2,3)10-9-5/h1,5-6,8H,2-3H3/t5-,6-/m0/s1. The Morgan fingerprint density at radius 2 is 2.20 bits per heavy atom. The third-order valence-electron chi connectivity index (χ3n) is 1.53. The molecule has 0 aromatic carbocycles. The first-order valence-electron chi connectivity index (χ1n) is 3.06. The van der Waals surface area contributed by atoms with Gasteiger partial charge in [0, 0.05) is 4.75 Å². The van der Waals surface area contributed by atoms with Crippen LogP contribution in [0.3, 0.4) is 0 Å². The maximum Gasteiger partial charge on any atom is 0.103 e. The summed E-state index contributed by atoms with van der Waals surface area (Å²) in [5, 5.41) is 9.50. The molecule has 1 aliphatic rings. The van der Waals surface area contributed by atoms with Crippen LogP contribution in [0.1, 0.15) is 13.8 Å². The average Bonchev–Trinajstić information content (AvgIpc) is 2.10. The van der Waals surface area contributed by atoms with Gasteiger partial charge in [0.1, 0.15) is 5.25 Å². The van der Waals surface area contributed by atoms with Crippen molar-refractivity contribution in [2.75, 3.05) is 0 Å². The van der Waals surface area contributed by atoms with Crippen LogP contribution >= 0.6 is 21.6 Å². The van der Waals surface area contributed by atoms with Crippen molar-refractivity contribution in [1.82, 2.24) is 0 Å². The molecule has 0 radical (unpaired) electrons. The molecule has 0 saturated carbocycles. The minimum atomic E-state index is -0.368. The van der Waals surface area contributed by atoms with Gasteiger partial charge < -0.3 is 5.11 Å². The summed E-state index contributed by atoms with van der Waals surface area (Å²) < 4.78 is -0.0816. The number of hydrogen-bond donors (Lipinski definition) is 1. The van der Waals surface area contributed by atoms with Gasteiger partial charge in [0.2, 0.25) is 0 Å². The van der Waals surface area contributed by atoms with E-state index in [0.29, 0.717) is 0 Å². The normalized spacial score (nSPS) is 37.4. The molecule has 10 heavy (non-hydrogen) atoms. The van der Waals surface area contributed by atoms with Crippen LogP contribution in [0.2, 0.25) is 0 Å². The Morgan fingerprint density at radius 3 is 2.40 bits per heavy atom. The Hall–Kier alpha value is 0.220. The molecule has 0 aliphatic carbocycles. The van der Waals surface area contributed by atoms with E-state index in [4.69, 9.17) is 6.42 Å². The Morgan fingerprint density at radius 1 is 1.60 bits per heavy atom. The molecule has 1 aliphatic heterocycles. The van der Waals surface area contributed by atoms with Gasteiger partial charge in [0.25, 0.3) is 0 Å². The lowest BCUT2D eigenvalue weighted by Gasteiger charge is -2.20. The van der Waals surface area contributed by atoms with Gasteiger partial charge in [-0.05, 0) is 13.8 Å². The smallest absolute Gasteiger partial charge is 0.103 e. The second-order valence-electron chi connectivity index (χ2n) is 2.82. The minimum absolute atomic E-state index is 0.0278. The summed E-state index contributed by atoms with van der Waals surface area (Å²) in [6, 6.07) is 0. The van der Waals surface area contributed by atoms with Gasteiger partial charge in [0.05, 0.1) is 6.10 Å². The largest absolute Gasteiger partial charge is 0.389 e. The summed E-state index contributed by atoms with van der Waals surface area (Å²) in [4.78, 5) is 0. The first-order chi connectivity index (χ1) is 4.58. The number of rotatable bonds is 0. The highest BCUT2D eigenvalue weighted by Gasteiger charge is 2.41. The molecule has 1 fully saturated rings. The Labute approximate surface area is 69.4 Å². The summed E-state index contributed by atoms with van der Waals surface area (Å²) in [5.74, 6) is 2.56. The highest BCUT2D eigenvalue weighted by atomic mass is 33.1. The van der Waals surface area contributed by atoms with Crippen LogP contribution in [0, 0.1) is 12.3 Å². The Kier molecular flexibility index (Phi) is 2.24. The number of hydrogen-bond acceptors (Lipinski definition) is 3. The fraction of sp³-hybridized carbons (Fsp3) is 0.714. The number of aliphatic hydroxyl groups is 1. The zero-order valence-corrected chi connectivity index (χ0v) is 7.63.